The average Bonchev–Trinajstić information content (AvgIpc) is 2.72. The summed E-state index contributed by atoms with van der Waals surface area (Å²) in [6, 6.07) is 3.14. The molecule has 2 aromatic heterocycles. The number of nitrogens with zero attached hydrogens (tertiary/aromatic N) is 4. The first-order chi connectivity index (χ1) is 9.44. The normalized spacial score (nSPS) is 11.3. The first-order valence-corrected chi connectivity index (χ1v) is 7.88. The Balaban J connectivity index is 2.24. The van der Waals surface area contributed by atoms with Crippen molar-refractivity contribution < 1.29 is 13.2 Å². The molecule has 0 atom stereocenters. The van der Waals surface area contributed by atoms with Gasteiger partial charge in [0.15, 0.2) is 4.60 Å². The zero-order valence-corrected chi connectivity index (χ0v) is 13.1. The number of nitrogens with one attached hydrogen (secondary N) is 1. The molecule has 0 amide bonds. The number of anilines is 1. The predicted molar refractivity (Wildman–Crippen MR) is 74.9 cm³/mol. The maximum absolute atomic E-state index is 12.2. The molecule has 0 bridgehead atoms. The highest BCUT2D eigenvalue weighted by Gasteiger charge is 2.24. The summed E-state index contributed by atoms with van der Waals surface area (Å²) in [7, 11) is -2.31. The van der Waals surface area contributed by atoms with Crippen LogP contribution < -0.4 is 9.46 Å². The van der Waals surface area contributed by atoms with Crippen molar-refractivity contribution >= 4 is 31.6 Å². The second-order valence-corrected chi connectivity index (χ2v) is 6.08. The van der Waals surface area contributed by atoms with E-state index in [0.717, 1.165) is 4.68 Å². The minimum absolute atomic E-state index is 0.0635. The minimum Gasteiger partial charge on any atom is -0.478 e. The van der Waals surface area contributed by atoms with Crippen LogP contribution in [-0.2, 0) is 17.1 Å². The van der Waals surface area contributed by atoms with E-state index in [0.29, 0.717) is 18.2 Å². The summed E-state index contributed by atoms with van der Waals surface area (Å²) < 4.78 is 33.3. The Morgan fingerprint density at radius 3 is 2.70 bits per heavy atom. The summed E-state index contributed by atoms with van der Waals surface area (Å²) in [6.07, 6.45) is 1.38. The molecule has 1 N–H and O–H groups in total. The summed E-state index contributed by atoms with van der Waals surface area (Å²) in [5.41, 5.74) is 0.321. The molecular weight excluding hydrogens is 350 g/mol. The second kappa shape index (κ2) is 5.75. The molecule has 2 rings (SSSR count). The summed E-state index contributed by atoms with van der Waals surface area (Å²) in [5.74, 6) is 0.429. The Kier molecular flexibility index (Phi) is 4.23. The molecule has 108 valence electrons. The highest BCUT2D eigenvalue weighted by Crippen LogP contribution is 2.21. The lowest BCUT2D eigenvalue weighted by Gasteiger charge is -2.08. The van der Waals surface area contributed by atoms with E-state index in [9.17, 15) is 8.42 Å². The molecule has 0 aliphatic rings. The van der Waals surface area contributed by atoms with Crippen LogP contribution in [0.15, 0.2) is 28.0 Å². The Morgan fingerprint density at radius 2 is 2.20 bits per heavy atom. The molecule has 8 nitrogen and oxygen atoms in total. The van der Waals surface area contributed by atoms with E-state index in [1.807, 2.05) is 6.92 Å². The number of hydrogen-bond donors (Lipinski definition) is 1. The van der Waals surface area contributed by atoms with Crippen molar-refractivity contribution in [2.24, 2.45) is 7.05 Å². The first-order valence-electron chi connectivity index (χ1n) is 5.61. The molecule has 10 heteroatoms. The molecule has 0 spiro atoms. The fourth-order valence-electron chi connectivity index (χ4n) is 1.49. The van der Waals surface area contributed by atoms with E-state index in [1.165, 1.54) is 13.2 Å². The zero-order chi connectivity index (χ0) is 14.8. The van der Waals surface area contributed by atoms with Gasteiger partial charge in [-0.05, 0) is 28.9 Å². The van der Waals surface area contributed by atoms with Gasteiger partial charge in [0.2, 0.25) is 10.9 Å². The fraction of sp³-hybridized carbons (Fsp3) is 0.300. The summed E-state index contributed by atoms with van der Waals surface area (Å²) in [4.78, 5) is 3.98. The number of hydrogen-bond acceptors (Lipinski definition) is 6. The minimum atomic E-state index is -3.80. The lowest BCUT2D eigenvalue weighted by atomic mass is 10.4. The lowest BCUT2D eigenvalue weighted by molar-refractivity contribution is 0.327. The SMILES string of the molecule is CCOc1ccc(NS(=O)(=O)c2c(Br)nnn2C)cn1. The van der Waals surface area contributed by atoms with E-state index in [2.05, 4.69) is 35.9 Å². The molecule has 2 aromatic rings. The Morgan fingerprint density at radius 1 is 1.45 bits per heavy atom. The molecule has 0 saturated heterocycles. The average molecular weight is 362 g/mol. The second-order valence-electron chi connectivity index (χ2n) is 3.73. The molecule has 0 saturated carbocycles. The van der Waals surface area contributed by atoms with Crippen LogP contribution in [0, 0.1) is 0 Å². The zero-order valence-electron chi connectivity index (χ0n) is 10.7. The lowest BCUT2D eigenvalue weighted by Crippen LogP contribution is -2.17. The van der Waals surface area contributed by atoms with Gasteiger partial charge in [0.1, 0.15) is 0 Å². The third-order valence-corrected chi connectivity index (χ3v) is 4.54. The maximum Gasteiger partial charge on any atom is 0.281 e. The van der Waals surface area contributed by atoms with Crippen LogP contribution in [0.25, 0.3) is 0 Å². The highest BCUT2D eigenvalue weighted by atomic mass is 79.9. The maximum atomic E-state index is 12.2. The van der Waals surface area contributed by atoms with E-state index in [4.69, 9.17) is 4.74 Å². The van der Waals surface area contributed by atoms with E-state index >= 15 is 0 Å². The van der Waals surface area contributed by atoms with Crippen molar-refractivity contribution in [3.05, 3.63) is 22.9 Å². The number of pyridine rings is 1. The Bertz CT molecular complexity index is 679. The van der Waals surface area contributed by atoms with Crippen LogP contribution in [0.2, 0.25) is 0 Å². The Labute approximate surface area is 124 Å². The molecule has 0 fully saturated rings. The number of halogens is 1. The molecular formula is C10H12BrN5O3S. The van der Waals surface area contributed by atoms with Crippen LogP contribution in [0.3, 0.4) is 0 Å². The number of sulfonamides is 1. The summed E-state index contributed by atoms with van der Waals surface area (Å²) in [5, 5.41) is 7.20. The molecule has 2 heterocycles. The van der Waals surface area contributed by atoms with Gasteiger partial charge in [-0.15, -0.1) is 5.10 Å². The van der Waals surface area contributed by atoms with Gasteiger partial charge in [0.25, 0.3) is 10.0 Å². The Hall–Kier alpha value is -1.68. The van der Waals surface area contributed by atoms with Gasteiger partial charge in [0.05, 0.1) is 18.5 Å². The van der Waals surface area contributed by atoms with Crippen LogP contribution >= 0.6 is 15.9 Å². The van der Waals surface area contributed by atoms with Gasteiger partial charge in [-0.1, -0.05) is 5.21 Å². The smallest absolute Gasteiger partial charge is 0.281 e. The number of aromatic nitrogens is 4. The van der Waals surface area contributed by atoms with E-state index in [1.54, 1.807) is 12.1 Å². The van der Waals surface area contributed by atoms with Gasteiger partial charge < -0.3 is 4.74 Å². The third-order valence-electron chi connectivity index (χ3n) is 2.27. The first kappa shape index (κ1) is 14.7. The summed E-state index contributed by atoms with van der Waals surface area (Å²) in [6.45, 7) is 2.33. The van der Waals surface area contributed by atoms with Crippen LogP contribution in [0.1, 0.15) is 6.92 Å². The van der Waals surface area contributed by atoms with Crippen molar-refractivity contribution in [3.8, 4) is 5.88 Å². The predicted octanol–water partition coefficient (Wildman–Crippen LogP) is 1.17. The van der Waals surface area contributed by atoms with Gasteiger partial charge in [-0.3, -0.25) is 4.72 Å². The molecule has 20 heavy (non-hydrogen) atoms. The molecule has 0 aliphatic heterocycles. The van der Waals surface area contributed by atoms with Crippen molar-refractivity contribution in [3.63, 3.8) is 0 Å². The molecule has 0 aromatic carbocycles. The van der Waals surface area contributed by atoms with E-state index in [-0.39, 0.29) is 9.63 Å². The van der Waals surface area contributed by atoms with Gasteiger partial charge in [0, 0.05) is 13.1 Å². The van der Waals surface area contributed by atoms with Gasteiger partial charge in [-0.25, -0.2) is 9.67 Å². The van der Waals surface area contributed by atoms with Crippen LogP contribution in [-0.4, -0.2) is 35.0 Å². The topological polar surface area (TPSA) is 99.0 Å². The van der Waals surface area contributed by atoms with Crippen molar-refractivity contribution in [2.45, 2.75) is 11.9 Å². The number of aryl methyl sites for hydroxylation is 1. The van der Waals surface area contributed by atoms with Crippen molar-refractivity contribution in [1.29, 1.82) is 0 Å². The van der Waals surface area contributed by atoms with Gasteiger partial charge >= 0.3 is 0 Å². The molecule has 0 radical (unpaired) electrons. The van der Waals surface area contributed by atoms with Crippen molar-refractivity contribution in [1.82, 2.24) is 20.0 Å². The highest BCUT2D eigenvalue weighted by molar-refractivity contribution is 9.10. The quantitative estimate of drug-likeness (QED) is 0.857. The van der Waals surface area contributed by atoms with Gasteiger partial charge in [-0.2, -0.15) is 8.42 Å². The van der Waals surface area contributed by atoms with Crippen LogP contribution in [0.4, 0.5) is 5.69 Å². The van der Waals surface area contributed by atoms with Crippen molar-refractivity contribution in [2.75, 3.05) is 11.3 Å². The molecule has 0 unspecified atom stereocenters. The number of ether oxygens (including phenoxy) is 1. The third kappa shape index (κ3) is 3.07. The fourth-order valence-corrected chi connectivity index (χ4v) is 3.63. The molecule has 0 aliphatic carbocycles. The number of rotatable bonds is 5. The standard InChI is InChI=1S/C10H12BrN5O3S/c1-3-19-8-5-4-7(6-12-8)14-20(17,18)10-9(11)13-15-16(10)2/h4-6,14H,3H2,1-2H3. The van der Waals surface area contributed by atoms with E-state index < -0.39 is 10.0 Å². The van der Waals surface area contributed by atoms with Crippen LogP contribution in [0.5, 0.6) is 5.88 Å². The summed E-state index contributed by atoms with van der Waals surface area (Å²) >= 11 is 3.05. The largest absolute Gasteiger partial charge is 0.478 e. The monoisotopic (exact) mass is 361 g/mol.